The highest BCUT2D eigenvalue weighted by molar-refractivity contribution is 9.10. The van der Waals surface area contributed by atoms with Crippen LogP contribution in [0.5, 0.6) is 11.5 Å². The Balaban J connectivity index is 2.22. The second-order valence-electron chi connectivity index (χ2n) is 5.92. The van der Waals surface area contributed by atoms with Gasteiger partial charge in [0.15, 0.2) is 0 Å². The van der Waals surface area contributed by atoms with E-state index in [-0.39, 0.29) is 5.54 Å². The van der Waals surface area contributed by atoms with Gasteiger partial charge >= 0.3 is 0 Å². The lowest BCUT2D eigenvalue weighted by atomic mass is 10.1. The van der Waals surface area contributed by atoms with E-state index >= 15 is 0 Å². The standard InChI is InChI=1S/C17H19BrClNO/c1-17(2,3)20-11-12-9-14(19)7-8-16(12)21-15-6-4-5-13(18)10-15/h4-10,20H,11H2,1-3H3. The Morgan fingerprint density at radius 1 is 1.14 bits per heavy atom. The van der Waals surface area contributed by atoms with Crippen molar-refractivity contribution in [3.05, 3.63) is 57.5 Å². The van der Waals surface area contributed by atoms with Gasteiger partial charge in [0.25, 0.3) is 0 Å². The first-order valence-corrected chi connectivity index (χ1v) is 7.97. The summed E-state index contributed by atoms with van der Waals surface area (Å²) < 4.78 is 6.97. The maximum absolute atomic E-state index is 6.10. The fourth-order valence-corrected chi connectivity index (χ4v) is 2.38. The fraction of sp³-hybridized carbons (Fsp3) is 0.294. The van der Waals surface area contributed by atoms with Crippen LogP contribution in [0, 0.1) is 0 Å². The van der Waals surface area contributed by atoms with Gasteiger partial charge in [-0.1, -0.05) is 33.6 Å². The van der Waals surface area contributed by atoms with Gasteiger partial charge in [0, 0.05) is 27.1 Å². The Bertz CT molecular complexity index is 622. The quantitative estimate of drug-likeness (QED) is 0.738. The van der Waals surface area contributed by atoms with Crippen molar-refractivity contribution in [1.29, 1.82) is 0 Å². The predicted octanol–water partition coefficient (Wildman–Crippen LogP) is 5.78. The molecule has 0 aliphatic heterocycles. The molecule has 0 saturated heterocycles. The fourth-order valence-electron chi connectivity index (χ4n) is 1.80. The zero-order chi connectivity index (χ0) is 15.5. The first kappa shape index (κ1) is 16.3. The normalized spacial score (nSPS) is 11.5. The minimum Gasteiger partial charge on any atom is -0.457 e. The van der Waals surface area contributed by atoms with Crippen LogP contribution in [0.2, 0.25) is 5.02 Å². The lowest BCUT2D eigenvalue weighted by molar-refractivity contribution is 0.414. The number of rotatable bonds is 4. The molecule has 0 spiro atoms. The predicted molar refractivity (Wildman–Crippen MR) is 92.3 cm³/mol. The summed E-state index contributed by atoms with van der Waals surface area (Å²) in [5.74, 6) is 1.61. The summed E-state index contributed by atoms with van der Waals surface area (Å²) in [5.41, 5.74) is 1.08. The highest BCUT2D eigenvalue weighted by Crippen LogP contribution is 2.29. The Morgan fingerprint density at radius 2 is 1.90 bits per heavy atom. The molecule has 0 radical (unpaired) electrons. The summed E-state index contributed by atoms with van der Waals surface area (Å²) in [5, 5.41) is 4.17. The minimum absolute atomic E-state index is 0.0371. The molecule has 0 heterocycles. The molecule has 112 valence electrons. The van der Waals surface area contributed by atoms with Crippen molar-refractivity contribution >= 4 is 27.5 Å². The molecule has 2 aromatic rings. The number of hydrogen-bond acceptors (Lipinski definition) is 2. The van der Waals surface area contributed by atoms with Crippen LogP contribution in [0.15, 0.2) is 46.9 Å². The van der Waals surface area contributed by atoms with Crippen molar-refractivity contribution in [2.45, 2.75) is 32.9 Å². The topological polar surface area (TPSA) is 21.3 Å². The zero-order valence-corrected chi connectivity index (χ0v) is 14.8. The third-order valence-electron chi connectivity index (χ3n) is 2.86. The van der Waals surface area contributed by atoms with Gasteiger partial charge < -0.3 is 10.1 Å². The summed E-state index contributed by atoms with van der Waals surface area (Å²) in [6.07, 6.45) is 0. The van der Waals surface area contributed by atoms with E-state index in [0.717, 1.165) is 21.5 Å². The van der Waals surface area contributed by atoms with Gasteiger partial charge in [0.05, 0.1) is 0 Å². The van der Waals surface area contributed by atoms with Crippen LogP contribution >= 0.6 is 27.5 Å². The maximum Gasteiger partial charge on any atom is 0.132 e. The monoisotopic (exact) mass is 367 g/mol. The molecule has 0 aromatic heterocycles. The van der Waals surface area contributed by atoms with Crippen molar-refractivity contribution in [3.8, 4) is 11.5 Å². The van der Waals surface area contributed by atoms with Gasteiger partial charge in [-0.15, -0.1) is 0 Å². The summed E-state index contributed by atoms with van der Waals surface area (Å²) in [7, 11) is 0. The third-order valence-corrected chi connectivity index (χ3v) is 3.58. The number of nitrogens with one attached hydrogen (secondary N) is 1. The van der Waals surface area contributed by atoms with E-state index in [1.54, 1.807) is 0 Å². The summed E-state index contributed by atoms with van der Waals surface area (Å²) in [6.45, 7) is 7.10. The Labute approximate surface area is 139 Å². The molecule has 0 saturated carbocycles. The highest BCUT2D eigenvalue weighted by atomic mass is 79.9. The molecule has 0 bridgehead atoms. The number of hydrogen-bond donors (Lipinski definition) is 1. The molecule has 21 heavy (non-hydrogen) atoms. The van der Waals surface area contributed by atoms with E-state index in [9.17, 15) is 0 Å². The zero-order valence-electron chi connectivity index (χ0n) is 12.4. The number of halogens is 2. The van der Waals surface area contributed by atoms with E-state index < -0.39 is 0 Å². The van der Waals surface area contributed by atoms with Crippen LogP contribution in [-0.4, -0.2) is 5.54 Å². The maximum atomic E-state index is 6.10. The molecule has 0 atom stereocenters. The SMILES string of the molecule is CC(C)(C)NCc1cc(Cl)ccc1Oc1cccc(Br)c1. The van der Waals surface area contributed by atoms with Gasteiger partial charge in [0.2, 0.25) is 0 Å². The molecule has 0 unspecified atom stereocenters. The van der Waals surface area contributed by atoms with Gasteiger partial charge in [-0.2, -0.15) is 0 Å². The molecular weight excluding hydrogens is 350 g/mol. The summed E-state index contributed by atoms with van der Waals surface area (Å²) >= 11 is 9.55. The van der Waals surface area contributed by atoms with Crippen LogP contribution in [-0.2, 0) is 6.54 Å². The molecule has 2 rings (SSSR count). The Kier molecular flexibility index (Phi) is 5.31. The molecule has 0 amide bonds. The van der Waals surface area contributed by atoms with Crippen LogP contribution < -0.4 is 10.1 Å². The van der Waals surface area contributed by atoms with Gasteiger partial charge in [-0.25, -0.2) is 0 Å². The van der Waals surface area contributed by atoms with Crippen molar-refractivity contribution in [3.63, 3.8) is 0 Å². The van der Waals surface area contributed by atoms with Crippen molar-refractivity contribution in [1.82, 2.24) is 5.32 Å². The molecular formula is C17H19BrClNO. The Morgan fingerprint density at radius 3 is 2.57 bits per heavy atom. The molecule has 4 heteroatoms. The molecule has 1 N–H and O–H groups in total. The molecule has 0 aliphatic carbocycles. The van der Waals surface area contributed by atoms with E-state index in [0.29, 0.717) is 11.6 Å². The van der Waals surface area contributed by atoms with E-state index in [2.05, 4.69) is 42.0 Å². The van der Waals surface area contributed by atoms with Crippen LogP contribution in [0.25, 0.3) is 0 Å². The molecule has 2 aromatic carbocycles. The lowest BCUT2D eigenvalue weighted by Crippen LogP contribution is -2.35. The molecule has 0 fully saturated rings. The minimum atomic E-state index is 0.0371. The third kappa shape index (κ3) is 5.34. The van der Waals surface area contributed by atoms with Crippen molar-refractivity contribution in [2.24, 2.45) is 0 Å². The van der Waals surface area contributed by atoms with E-state index in [1.165, 1.54) is 0 Å². The van der Waals surface area contributed by atoms with Crippen molar-refractivity contribution in [2.75, 3.05) is 0 Å². The molecule has 2 nitrogen and oxygen atoms in total. The van der Waals surface area contributed by atoms with E-state index in [4.69, 9.17) is 16.3 Å². The van der Waals surface area contributed by atoms with Gasteiger partial charge in [0.1, 0.15) is 11.5 Å². The average Bonchev–Trinajstić information content (AvgIpc) is 2.38. The second kappa shape index (κ2) is 6.82. The first-order chi connectivity index (χ1) is 9.83. The largest absolute Gasteiger partial charge is 0.457 e. The van der Waals surface area contributed by atoms with Crippen molar-refractivity contribution < 1.29 is 4.74 Å². The number of benzene rings is 2. The van der Waals surface area contributed by atoms with Crippen LogP contribution in [0.1, 0.15) is 26.3 Å². The Hall–Kier alpha value is -1.03. The first-order valence-electron chi connectivity index (χ1n) is 6.80. The van der Waals surface area contributed by atoms with E-state index in [1.807, 2.05) is 42.5 Å². The lowest BCUT2D eigenvalue weighted by Gasteiger charge is -2.21. The summed E-state index contributed by atoms with van der Waals surface area (Å²) in [6, 6.07) is 13.5. The van der Waals surface area contributed by atoms with Crippen LogP contribution in [0.4, 0.5) is 0 Å². The summed E-state index contributed by atoms with van der Waals surface area (Å²) in [4.78, 5) is 0. The average molecular weight is 369 g/mol. The van der Waals surface area contributed by atoms with Crippen LogP contribution in [0.3, 0.4) is 0 Å². The van der Waals surface area contributed by atoms with Gasteiger partial charge in [-0.3, -0.25) is 0 Å². The number of ether oxygens (including phenoxy) is 1. The highest BCUT2D eigenvalue weighted by Gasteiger charge is 2.12. The van der Waals surface area contributed by atoms with Gasteiger partial charge in [-0.05, 0) is 57.2 Å². The second-order valence-corrected chi connectivity index (χ2v) is 7.27. The smallest absolute Gasteiger partial charge is 0.132 e. The molecule has 0 aliphatic rings.